The highest BCUT2D eigenvalue weighted by Crippen LogP contribution is 2.36. The molecule has 0 aliphatic carbocycles. The Morgan fingerprint density at radius 3 is 2.36 bits per heavy atom. The van der Waals surface area contributed by atoms with Crippen LogP contribution in [0.4, 0.5) is 5.69 Å². The van der Waals surface area contributed by atoms with Gasteiger partial charge in [-0.3, -0.25) is 9.59 Å². The van der Waals surface area contributed by atoms with Crippen LogP contribution in [0.2, 0.25) is 0 Å². The van der Waals surface area contributed by atoms with Crippen LogP contribution in [0, 0.1) is 0 Å². The van der Waals surface area contributed by atoms with Crippen molar-refractivity contribution in [3.05, 3.63) is 28.8 Å². The predicted molar refractivity (Wildman–Crippen MR) is 85.2 cm³/mol. The van der Waals surface area contributed by atoms with Gasteiger partial charge in [-0.1, -0.05) is 0 Å². The van der Waals surface area contributed by atoms with Gasteiger partial charge in [0.1, 0.15) is 0 Å². The van der Waals surface area contributed by atoms with Crippen molar-refractivity contribution >= 4 is 17.5 Å². The quantitative estimate of drug-likeness (QED) is 0.799. The van der Waals surface area contributed by atoms with Crippen LogP contribution in [0.3, 0.4) is 0 Å². The van der Waals surface area contributed by atoms with Crippen LogP contribution in [-0.2, 0) is 17.6 Å². The van der Waals surface area contributed by atoms with Crippen molar-refractivity contribution in [3.63, 3.8) is 0 Å². The van der Waals surface area contributed by atoms with Gasteiger partial charge in [0.15, 0.2) is 0 Å². The molecular weight excluding hydrogens is 276 g/mol. The molecule has 0 bridgehead atoms. The molecule has 0 radical (unpaired) electrons. The van der Waals surface area contributed by atoms with E-state index in [1.165, 1.54) is 17.5 Å². The van der Waals surface area contributed by atoms with Crippen molar-refractivity contribution in [1.29, 1.82) is 0 Å². The number of carbonyl (C=O) groups is 2. The summed E-state index contributed by atoms with van der Waals surface area (Å²) in [7, 11) is 0. The lowest BCUT2D eigenvalue weighted by Crippen LogP contribution is -2.40. The molecule has 116 valence electrons. The smallest absolute Gasteiger partial charge is 0.253 e. The monoisotopic (exact) mass is 298 g/mol. The van der Waals surface area contributed by atoms with Crippen molar-refractivity contribution in [1.82, 2.24) is 4.90 Å². The molecule has 4 rings (SSSR count). The summed E-state index contributed by atoms with van der Waals surface area (Å²) >= 11 is 0. The van der Waals surface area contributed by atoms with Gasteiger partial charge in [0.05, 0.1) is 5.69 Å². The zero-order valence-corrected chi connectivity index (χ0v) is 12.9. The van der Waals surface area contributed by atoms with Crippen LogP contribution in [-0.4, -0.2) is 36.3 Å². The molecule has 0 spiro atoms. The number of likely N-dealkylation sites (tertiary alicyclic amines) is 1. The average Bonchev–Trinajstić information content (AvgIpc) is 2.58. The van der Waals surface area contributed by atoms with Gasteiger partial charge in [-0.2, -0.15) is 0 Å². The Bertz CT molecular complexity index is 615. The van der Waals surface area contributed by atoms with E-state index in [2.05, 4.69) is 0 Å². The van der Waals surface area contributed by atoms with E-state index in [-0.39, 0.29) is 11.8 Å². The van der Waals surface area contributed by atoms with E-state index >= 15 is 0 Å². The first-order valence-electron chi connectivity index (χ1n) is 8.49. The topological polar surface area (TPSA) is 40.6 Å². The molecule has 1 aromatic rings. The third kappa shape index (κ3) is 2.21. The SMILES string of the molecule is O=C(c1cc2c3c(c1)CCC(=O)N3CCC2)N1CCCCC1. The molecule has 1 saturated heterocycles. The van der Waals surface area contributed by atoms with Crippen molar-refractivity contribution in [2.45, 2.75) is 44.9 Å². The molecule has 4 heteroatoms. The minimum atomic E-state index is 0.174. The zero-order chi connectivity index (χ0) is 15.1. The molecule has 0 atom stereocenters. The number of nitrogens with zero attached hydrogens (tertiary/aromatic N) is 2. The first kappa shape index (κ1) is 13.8. The number of carbonyl (C=O) groups excluding carboxylic acids is 2. The third-order valence-corrected chi connectivity index (χ3v) is 5.17. The maximum absolute atomic E-state index is 12.8. The molecule has 0 unspecified atom stereocenters. The number of benzene rings is 1. The second-order valence-corrected chi connectivity index (χ2v) is 6.64. The van der Waals surface area contributed by atoms with E-state index in [9.17, 15) is 9.59 Å². The number of rotatable bonds is 1. The minimum absolute atomic E-state index is 0.174. The van der Waals surface area contributed by atoms with E-state index in [0.29, 0.717) is 6.42 Å². The lowest BCUT2D eigenvalue weighted by Gasteiger charge is -2.36. The molecule has 1 aromatic carbocycles. The first-order valence-corrected chi connectivity index (χ1v) is 8.49. The van der Waals surface area contributed by atoms with Gasteiger partial charge in [-0.05, 0) is 61.8 Å². The molecule has 0 aromatic heterocycles. The summed E-state index contributed by atoms with van der Waals surface area (Å²) in [6.07, 6.45) is 6.80. The Labute approximate surface area is 131 Å². The van der Waals surface area contributed by atoms with Crippen LogP contribution in [0.15, 0.2) is 12.1 Å². The molecule has 22 heavy (non-hydrogen) atoms. The van der Waals surface area contributed by atoms with Crippen molar-refractivity contribution in [3.8, 4) is 0 Å². The number of anilines is 1. The summed E-state index contributed by atoms with van der Waals surface area (Å²) in [5.41, 5.74) is 4.32. The van der Waals surface area contributed by atoms with Crippen LogP contribution in [0.1, 0.15) is 53.6 Å². The lowest BCUT2D eigenvalue weighted by atomic mass is 9.89. The standard InChI is InChI=1S/C18H22N2O2/c21-16-7-6-14-12-15(18(22)19-8-2-1-3-9-19)11-13-5-4-10-20(16)17(13)14/h11-12H,1-10H2. The minimum Gasteiger partial charge on any atom is -0.339 e. The van der Waals surface area contributed by atoms with Gasteiger partial charge in [0, 0.05) is 31.6 Å². The van der Waals surface area contributed by atoms with E-state index < -0.39 is 0 Å². The van der Waals surface area contributed by atoms with Crippen molar-refractivity contribution in [2.75, 3.05) is 24.5 Å². The fourth-order valence-electron chi connectivity index (χ4n) is 4.06. The number of hydrogen-bond donors (Lipinski definition) is 0. The predicted octanol–water partition coefficient (Wildman–Crippen LogP) is 2.54. The van der Waals surface area contributed by atoms with Crippen LogP contribution >= 0.6 is 0 Å². The highest BCUT2D eigenvalue weighted by molar-refractivity contribution is 6.00. The highest BCUT2D eigenvalue weighted by atomic mass is 16.2. The van der Waals surface area contributed by atoms with Crippen LogP contribution in [0.25, 0.3) is 0 Å². The Morgan fingerprint density at radius 1 is 0.864 bits per heavy atom. The van der Waals surface area contributed by atoms with E-state index in [1.54, 1.807) is 0 Å². The molecule has 3 heterocycles. The van der Waals surface area contributed by atoms with Gasteiger partial charge in [0.2, 0.25) is 5.91 Å². The maximum atomic E-state index is 12.8. The Balaban J connectivity index is 1.71. The zero-order valence-electron chi connectivity index (χ0n) is 12.9. The number of amides is 2. The largest absolute Gasteiger partial charge is 0.339 e. The Hall–Kier alpha value is -1.84. The Morgan fingerprint density at radius 2 is 1.59 bits per heavy atom. The number of hydrogen-bond acceptors (Lipinski definition) is 2. The lowest BCUT2D eigenvalue weighted by molar-refractivity contribution is -0.119. The van der Waals surface area contributed by atoms with Gasteiger partial charge in [-0.25, -0.2) is 0 Å². The van der Waals surface area contributed by atoms with Gasteiger partial charge < -0.3 is 9.80 Å². The molecule has 1 fully saturated rings. The Kier molecular flexibility index (Phi) is 3.40. The summed E-state index contributed by atoms with van der Waals surface area (Å²) in [6.45, 7) is 2.60. The van der Waals surface area contributed by atoms with Gasteiger partial charge in [0.25, 0.3) is 5.91 Å². The van der Waals surface area contributed by atoms with E-state index in [1.807, 2.05) is 21.9 Å². The summed E-state index contributed by atoms with van der Waals surface area (Å²) in [5.74, 6) is 0.413. The summed E-state index contributed by atoms with van der Waals surface area (Å²) in [4.78, 5) is 28.8. The van der Waals surface area contributed by atoms with Crippen LogP contribution in [0.5, 0.6) is 0 Å². The van der Waals surface area contributed by atoms with Gasteiger partial charge >= 0.3 is 0 Å². The second-order valence-electron chi connectivity index (χ2n) is 6.64. The molecule has 0 saturated carbocycles. The van der Waals surface area contributed by atoms with Gasteiger partial charge in [-0.15, -0.1) is 0 Å². The van der Waals surface area contributed by atoms with Crippen LogP contribution < -0.4 is 4.90 Å². The molecular formula is C18H22N2O2. The molecule has 0 N–H and O–H groups in total. The summed E-state index contributed by atoms with van der Waals surface area (Å²) in [5, 5.41) is 0. The highest BCUT2D eigenvalue weighted by Gasteiger charge is 2.31. The normalized spacial score (nSPS) is 20.8. The molecule has 2 amide bonds. The summed E-state index contributed by atoms with van der Waals surface area (Å²) in [6, 6.07) is 4.08. The van der Waals surface area contributed by atoms with E-state index in [0.717, 1.165) is 63.0 Å². The molecule has 3 aliphatic heterocycles. The first-order chi connectivity index (χ1) is 10.7. The maximum Gasteiger partial charge on any atom is 0.253 e. The van der Waals surface area contributed by atoms with Crippen molar-refractivity contribution < 1.29 is 9.59 Å². The van der Waals surface area contributed by atoms with E-state index in [4.69, 9.17) is 0 Å². The fourth-order valence-corrected chi connectivity index (χ4v) is 4.06. The molecule has 4 nitrogen and oxygen atoms in total. The van der Waals surface area contributed by atoms with Crippen molar-refractivity contribution in [2.24, 2.45) is 0 Å². The summed E-state index contributed by atoms with van der Waals surface area (Å²) < 4.78 is 0. The fraction of sp³-hybridized carbons (Fsp3) is 0.556. The number of aryl methyl sites for hydroxylation is 2. The number of piperidine rings is 1. The third-order valence-electron chi connectivity index (χ3n) is 5.17. The molecule has 3 aliphatic rings. The average molecular weight is 298 g/mol. The second kappa shape index (κ2) is 5.41.